The second kappa shape index (κ2) is 10.3. The van der Waals surface area contributed by atoms with Gasteiger partial charge >= 0.3 is 5.97 Å². The zero-order chi connectivity index (χ0) is 24.9. The van der Waals surface area contributed by atoms with Gasteiger partial charge < -0.3 is 4.42 Å². The number of hydrogen-bond acceptors (Lipinski definition) is 5. The second-order valence-corrected chi connectivity index (χ2v) is 8.47. The third-order valence-electron chi connectivity index (χ3n) is 5.98. The van der Waals surface area contributed by atoms with Gasteiger partial charge in [0.15, 0.2) is 11.5 Å². The zero-order valence-corrected chi connectivity index (χ0v) is 20.0. The first-order chi connectivity index (χ1) is 17.6. The number of carbonyl (C=O) groups is 1. The summed E-state index contributed by atoms with van der Waals surface area (Å²) < 4.78 is 6.46. The molecule has 178 valence electrons. The van der Waals surface area contributed by atoms with Gasteiger partial charge in [-0.15, -0.1) is 0 Å². The van der Waals surface area contributed by atoms with Crippen molar-refractivity contribution < 1.29 is 19.0 Å². The van der Waals surface area contributed by atoms with Crippen LogP contribution in [0.3, 0.4) is 0 Å². The van der Waals surface area contributed by atoms with E-state index in [0.717, 1.165) is 39.3 Å². The van der Waals surface area contributed by atoms with Gasteiger partial charge in [0.25, 0.3) is 0 Å². The molecule has 0 amide bonds. The molecule has 0 N–H and O–H groups in total. The van der Waals surface area contributed by atoms with Gasteiger partial charge in [0.05, 0.1) is 0 Å². The Morgan fingerprint density at radius 3 is 2.19 bits per heavy atom. The van der Waals surface area contributed by atoms with E-state index in [9.17, 15) is 4.79 Å². The SMILES string of the molecule is CC(=O)OOc1cccc(C(C)c2ccccc2-c2nc(-c3ccccc3)c(-c3ccccc3)o2)c1. The molecule has 5 rings (SSSR count). The van der Waals surface area contributed by atoms with Crippen molar-refractivity contribution in [1.29, 1.82) is 0 Å². The molecule has 0 radical (unpaired) electrons. The van der Waals surface area contributed by atoms with E-state index < -0.39 is 5.97 Å². The summed E-state index contributed by atoms with van der Waals surface area (Å²) in [6, 6.07) is 35.7. The number of nitrogens with zero attached hydrogens (tertiary/aromatic N) is 1. The fourth-order valence-corrected chi connectivity index (χ4v) is 4.20. The van der Waals surface area contributed by atoms with Crippen molar-refractivity contribution in [2.75, 3.05) is 0 Å². The normalized spacial score (nSPS) is 11.6. The summed E-state index contributed by atoms with van der Waals surface area (Å²) in [5.74, 6) is 1.24. The fourth-order valence-electron chi connectivity index (χ4n) is 4.20. The molecular formula is C31H25NO4. The van der Waals surface area contributed by atoms with Gasteiger partial charge in [0, 0.05) is 29.5 Å². The highest BCUT2D eigenvalue weighted by atomic mass is 17.2. The Bertz CT molecular complexity index is 1420. The predicted octanol–water partition coefficient (Wildman–Crippen LogP) is 7.68. The highest BCUT2D eigenvalue weighted by Gasteiger charge is 2.22. The number of oxazole rings is 1. The lowest BCUT2D eigenvalue weighted by Crippen LogP contribution is -2.04. The van der Waals surface area contributed by atoms with Gasteiger partial charge in [-0.25, -0.2) is 9.78 Å². The van der Waals surface area contributed by atoms with E-state index >= 15 is 0 Å². The van der Waals surface area contributed by atoms with Crippen LogP contribution >= 0.6 is 0 Å². The topological polar surface area (TPSA) is 61.6 Å². The summed E-state index contributed by atoms with van der Waals surface area (Å²) in [5, 5.41) is 0. The van der Waals surface area contributed by atoms with Crippen molar-refractivity contribution in [2.45, 2.75) is 19.8 Å². The quantitative estimate of drug-likeness (QED) is 0.178. The molecule has 1 atom stereocenters. The van der Waals surface area contributed by atoms with Crippen molar-refractivity contribution in [3.05, 3.63) is 120 Å². The largest absolute Gasteiger partial charge is 0.435 e. The average Bonchev–Trinajstić information content (AvgIpc) is 3.38. The van der Waals surface area contributed by atoms with Crippen LogP contribution < -0.4 is 4.89 Å². The second-order valence-electron chi connectivity index (χ2n) is 8.47. The van der Waals surface area contributed by atoms with Crippen LogP contribution in [0.25, 0.3) is 34.0 Å². The predicted molar refractivity (Wildman–Crippen MR) is 139 cm³/mol. The molecule has 1 heterocycles. The molecule has 4 aromatic carbocycles. The molecule has 36 heavy (non-hydrogen) atoms. The van der Waals surface area contributed by atoms with Crippen LogP contribution in [0.2, 0.25) is 0 Å². The molecule has 0 aliphatic carbocycles. The number of benzene rings is 4. The molecule has 5 heteroatoms. The zero-order valence-electron chi connectivity index (χ0n) is 20.0. The average molecular weight is 476 g/mol. The number of carbonyl (C=O) groups excluding carboxylic acids is 1. The molecule has 0 aliphatic heterocycles. The number of rotatable bonds is 7. The Kier molecular flexibility index (Phi) is 6.63. The minimum atomic E-state index is -0.508. The molecule has 5 aromatic rings. The molecule has 1 aromatic heterocycles. The van der Waals surface area contributed by atoms with E-state index in [1.165, 1.54) is 6.92 Å². The van der Waals surface area contributed by atoms with Crippen LogP contribution in [0.15, 0.2) is 114 Å². The van der Waals surface area contributed by atoms with Gasteiger partial charge in [0.2, 0.25) is 5.89 Å². The third kappa shape index (κ3) is 4.91. The van der Waals surface area contributed by atoms with E-state index in [4.69, 9.17) is 19.2 Å². The van der Waals surface area contributed by atoms with Crippen molar-refractivity contribution >= 4 is 5.97 Å². The maximum atomic E-state index is 11.1. The van der Waals surface area contributed by atoms with E-state index in [1.54, 1.807) is 6.07 Å². The van der Waals surface area contributed by atoms with E-state index in [-0.39, 0.29) is 5.92 Å². The third-order valence-corrected chi connectivity index (χ3v) is 5.98. The Balaban J connectivity index is 1.57. The monoisotopic (exact) mass is 475 g/mol. The summed E-state index contributed by atoms with van der Waals surface area (Å²) in [5.41, 5.74) is 5.74. The highest BCUT2D eigenvalue weighted by Crippen LogP contribution is 2.39. The minimum Gasteiger partial charge on any atom is -0.435 e. The highest BCUT2D eigenvalue weighted by molar-refractivity contribution is 5.79. The lowest BCUT2D eigenvalue weighted by Gasteiger charge is -2.16. The number of aromatic nitrogens is 1. The summed E-state index contributed by atoms with van der Waals surface area (Å²) in [7, 11) is 0. The molecular weight excluding hydrogens is 450 g/mol. The Labute approximate surface area is 209 Å². The first-order valence-corrected chi connectivity index (χ1v) is 11.8. The molecule has 0 bridgehead atoms. The van der Waals surface area contributed by atoms with Crippen LogP contribution in [0, 0.1) is 0 Å². The first-order valence-electron chi connectivity index (χ1n) is 11.8. The van der Waals surface area contributed by atoms with Gasteiger partial charge in [-0.2, -0.15) is 0 Å². The van der Waals surface area contributed by atoms with Crippen LogP contribution in [0.5, 0.6) is 5.75 Å². The van der Waals surface area contributed by atoms with Crippen LogP contribution in [-0.2, 0) is 9.68 Å². The minimum absolute atomic E-state index is 0.00525. The molecule has 1 unspecified atom stereocenters. The van der Waals surface area contributed by atoms with Gasteiger partial charge in [0.1, 0.15) is 5.69 Å². The summed E-state index contributed by atoms with van der Waals surface area (Å²) in [6.45, 7) is 3.41. The lowest BCUT2D eigenvalue weighted by atomic mass is 9.89. The van der Waals surface area contributed by atoms with Crippen LogP contribution in [-0.4, -0.2) is 11.0 Å². The van der Waals surface area contributed by atoms with Crippen LogP contribution in [0.4, 0.5) is 0 Å². The maximum absolute atomic E-state index is 11.1. The fraction of sp³-hybridized carbons (Fsp3) is 0.0968. The van der Waals surface area contributed by atoms with Gasteiger partial charge in [-0.3, -0.25) is 9.78 Å². The van der Waals surface area contributed by atoms with Crippen molar-refractivity contribution in [2.24, 2.45) is 0 Å². The Morgan fingerprint density at radius 1 is 0.806 bits per heavy atom. The first kappa shape index (κ1) is 23.1. The van der Waals surface area contributed by atoms with Gasteiger partial charge in [-0.1, -0.05) is 97.9 Å². The number of hydrogen-bond donors (Lipinski definition) is 0. The van der Waals surface area contributed by atoms with Crippen LogP contribution in [0.1, 0.15) is 30.9 Å². The van der Waals surface area contributed by atoms with E-state index in [0.29, 0.717) is 11.6 Å². The molecule has 0 spiro atoms. The molecule has 0 saturated carbocycles. The Morgan fingerprint density at radius 2 is 1.47 bits per heavy atom. The molecule has 0 aliphatic rings. The van der Waals surface area contributed by atoms with Crippen molar-refractivity contribution in [3.63, 3.8) is 0 Å². The van der Waals surface area contributed by atoms with Crippen molar-refractivity contribution in [1.82, 2.24) is 4.98 Å². The summed E-state index contributed by atoms with van der Waals surface area (Å²) in [6.07, 6.45) is 0. The smallest absolute Gasteiger partial charge is 0.352 e. The van der Waals surface area contributed by atoms with E-state index in [2.05, 4.69) is 13.0 Å². The Hall–Kier alpha value is -4.64. The van der Waals surface area contributed by atoms with Crippen molar-refractivity contribution in [3.8, 4) is 39.8 Å². The molecule has 0 saturated heterocycles. The molecule has 5 nitrogen and oxygen atoms in total. The van der Waals surface area contributed by atoms with E-state index in [1.807, 2.05) is 97.1 Å². The maximum Gasteiger partial charge on any atom is 0.352 e. The van der Waals surface area contributed by atoms with Gasteiger partial charge in [-0.05, 0) is 29.3 Å². The summed E-state index contributed by atoms with van der Waals surface area (Å²) >= 11 is 0. The summed E-state index contributed by atoms with van der Waals surface area (Å²) in [4.78, 5) is 26.0. The standard InChI is InChI=1S/C31H25NO4/c1-21(25-16-11-17-26(20-25)36-35-22(2)33)27-18-9-10-19-28(27)31-32-29(23-12-5-3-6-13-23)30(34-31)24-14-7-4-8-15-24/h3-21H,1-2H3. The lowest BCUT2D eigenvalue weighted by molar-refractivity contribution is -0.210. The molecule has 0 fully saturated rings.